The van der Waals surface area contributed by atoms with E-state index in [4.69, 9.17) is 9.47 Å². The fourth-order valence-corrected chi connectivity index (χ4v) is 4.32. The lowest BCUT2D eigenvalue weighted by atomic mass is 9.69. The first-order valence-electron chi connectivity index (χ1n) is 9.36. The summed E-state index contributed by atoms with van der Waals surface area (Å²) in [7, 11) is 3.08. The van der Waals surface area contributed by atoms with Gasteiger partial charge in [-0.2, -0.15) is 0 Å². The molecule has 152 valence electrons. The normalized spacial score (nSPS) is 19.9. The van der Waals surface area contributed by atoms with Crippen molar-refractivity contribution in [2.45, 2.75) is 32.6 Å². The monoisotopic (exact) mass is 397 g/mol. The van der Waals surface area contributed by atoms with E-state index in [0.29, 0.717) is 41.3 Å². The average Bonchev–Trinajstić information content (AvgIpc) is 2.64. The van der Waals surface area contributed by atoms with Crippen molar-refractivity contribution < 1.29 is 14.3 Å². The summed E-state index contributed by atoms with van der Waals surface area (Å²) in [5.41, 5.74) is 0.773. The SMILES string of the molecule is COc1ccc(OC)c(C2C3=C(CC(C)(C)CC3=O)Nc3[nH]c(=O)[nH]c(=O)c32)c1. The first kappa shape index (κ1) is 19.0. The van der Waals surface area contributed by atoms with Crippen LogP contribution in [0, 0.1) is 5.41 Å². The molecule has 0 fully saturated rings. The van der Waals surface area contributed by atoms with Gasteiger partial charge >= 0.3 is 5.69 Å². The molecule has 0 spiro atoms. The second kappa shape index (κ2) is 6.65. The molecule has 1 aliphatic heterocycles. The van der Waals surface area contributed by atoms with Gasteiger partial charge < -0.3 is 14.8 Å². The quantitative estimate of drug-likeness (QED) is 0.732. The van der Waals surface area contributed by atoms with Gasteiger partial charge in [0.1, 0.15) is 17.3 Å². The van der Waals surface area contributed by atoms with Crippen molar-refractivity contribution in [3.8, 4) is 11.5 Å². The summed E-state index contributed by atoms with van der Waals surface area (Å²) in [6.45, 7) is 4.04. The third kappa shape index (κ3) is 3.14. The Hall–Kier alpha value is -3.29. The Labute approximate surface area is 167 Å². The predicted octanol–water partition coefficient (Wildman–Crippen LogP) is 2.28. The minimum absolute atomic E-state index is 0.0325. The van der Waals surface area contributed by atoms with Gasteiger partial charge in [0.05, 0.1) is 25.7 Å². The standard InChI is InChI=1S/C21H23N3O5/c1-21(2)8-12-16(13(25)9-21)15(11-7-10(28-3)5-6-14(11)29-4)17-18(22-12)23-20(27)24-19(17)26/h5-7,15H,8-9H2,1-4H3,(H3,22,23,24,26,27). The van der Waals surface area contributed by atoms with Crippen molar-refractivity contribution in [2.24, 2.45) is 5.41 Å². The number of hydrogen-bond acceptors (Lipinski definition) is 6. The molecule has 29 heavy (non-hydrogen) atoms. The minimum Gasteiger partial charge on any atom is -0.497 e. The van der Waals surface area contributed by atoms with Crippen molar-refractivity contribution in [1.29, 1.82) is 0 Å². The zero-order valence-corrected chi connectivity index (χ0v) is 16.8. The van der Waals surface area contributed by atoms with Crippen LogP contribution >= 0.6 is 0 Å². The molecule has 0 amide bonds. The van der Waals surface area contributed by atoms with Crippen LogP contribution in [0.15, 0.2) is 39.1 Å². The molecule has 3 N–H and O–H groups in total. The van der Waals surface area contributed by atoms with Crippen molar-refractivity contribution in [2.75, 3.05) is 19.5 Å². The van der Waals surface area contributed by atoms with Gasteiger partial charge in [-0.05, 0) is 30.0 Å². The van der Waals surface area contributed by atoms with E-state index >= 15 is 0 Å². The molecule has 1 atom stereocenters. The number of carbonyl (C=O) groups is 1. The number of aromatic nitrogens is 2. The number of carbonyl (C=O) groups excluding carboxylic acids is 1. The molecule has 0 radical (unpaired) electrons. The number of rotatable bonds is 3. The van der Waals surface area contributed by atoms with Gasteiger partial charge in [-0.1, -0.05) is 13.8 Å². The molecule has 4 rings (SSSR count). The van der Waals surface area contributed by atoms with Gasteiger partial charge in [0.2, 0.25) is 0 Å². The highest BCUT2D eigenvalue weighted by Gasteiger charge is 2.43. The van der Waals surface area contributed by atoms with Gasteiger partial charge in [0.15, 0.2) is 5.78 Å². The van der Waals surface area contributed by atoms with E-state index in [2.05, 4.69) is 15.3 Å². The van der Waals surface area contributed by atoms with Crippen LogP contribution in [0.5, 0.6) is 11.5 Å². The minimum atomic E-state index is -0.685. The van der Waals surface area contributed by atoms with Crippen LogP contribution in [0.4, 0.5) is 5.82 Å². The van der Waals surface area contributed by atoms with Gasteiger partial charge in [0, 0.05) is 23.3 Å². The fraction of sp³-hybridized carbons (Fsp3) is 0.381. The highest BCUT2D eigenvalue weighted by Crippen LogP contribution is 2.49. The molecular formula is C21H23N3O5. The van der Waals surface area contributed by atoms with Crippen LogP contribution in [0.3, 0.4) is 0 Å². The number of nitrogens with one attached hydrogen (secondary N) is 3. The summed E-state index contributed by atoms with van der Waals surface area (Å²) in [5, 5.41) is 3.14. The van der Waals surface area contributed by atoms with E-state index in [0.717, 1.165) is 5.70 Å². The van der Waals surface area contributed by atoms with Crippen molar-refractivity contribution in [3.05, 3.63) is 61.4 Å². The Morgan fingerprint density at radius 2 is 1.79 bits per heavy atom. The lowest BCUT2D eigenvalue weighted by Gasteiger charge is -2.38. The van der Waals surface area contributed by atoms with Crippen molar-refractivity contribution in [1.82, 2.24) is 9.97 Å². The maximum Gasteiger partial charge on any atom is 0.327 e. The zero-order valence-electron chi connectivity index (χ0n) is 16.8. The van der Waals surface area contributed by atoms with Crippen LogP contribution in [0.2, 0.25) is 0 Å². The second-order valence-corrected chi connectivity index (χ2v) is 8.20. The summed E-state index contributed by atoms with van der Waals surface area (Å²) >= 11 is 0. The van der Waals surface area contributed by atoms with Crippen molar-refractivity contribution in [3.63, 3.8) is 0 Å². The van der Waals surface area contributed by atoms with Gasteiger partial charge in [-0.15, -0.1) is 0 Å². The van der Waals surface area contributed by atoms with Gasteiger partial charge in [-0.3, -0.25) is 19.6 Å². The number of ether oxygens (including phenoxy) is 2. The molecular weight excluding hydrogens is 374 g/mol. The van der Waals surface area contributed by atoms with E-state index in [-0.39, 0.29) is 16.8 Å². The maximum atomic E-state index is 13.2. The number of ketones is 1. The Morgan fingerprint density at radius 3 is 2.48 bits per heavy atom. The fourth-order valence-electron chi connectivity index (χ4n) is 4.32. The number of aromatic amines is 2. The largest absolute Gasteiger partial charge is 0.497 e. The predicted molar refractivity (Wildman–Crippen MR) is 108 cm³/mol. The first-order valence-corrected chi connectivity index (χ1v) is 9.36. The van der Waals surface area contributed by atoms with E-state index in [1.807, 2.05) is 13.8 Å². The molecule has 1 unspecified atom stereocenters. The highest BCUT2D eigenvalue weighted by atomic mass is 16.5. The summed E-state index contributed by atoms with van der Waals surface area (Å²) in [5.74, 6) is 0.689. The topological polar surface area (TPSA) is 113 Å². The molecule has 2 aromatic rings. The number of fused-ring (bicyclic) bond motifs is 1. The summed E-state index contributed by atoms with van der Waals surface area (Å²) in [6.07, 6.45) is 0.984. The van der Waals surface area contributed by atoms with Gasteiger partial charge in [-0.25, -0.2) is 4.79 Å². The number of H-pyrrole nitrogens is 2. The zero-order chi connectivity index (χ0) is 20.9. The molecule has 0 saturated heterocycles. The van der Waals surface area contributed by atoms with E-state index in [1.165, 1.54) is 7.11 Å². The first-order chi connectivity index (χ1) is 13.7. The smallest absolute Gasteiger partial charge is 0.327 e. The van der Waals surface area contributed by atoms with E-state index in [9.17, 15) is 14.4 Å². The number of benzene rings is 1. The molecule has 1 aliphatic carbocycles. The Kier molecular flexibility index (Phi) is 4.37. The Balaban J connectivity index is 2.05. The highest BCUT2D eigenvalue weighted by molar-refractivity contribution is 6.01. The number of Topliss-reactive ketones (excluding diaryl/α,β-unsaturated/α-hetero) is 1. The number of anilines is 1. The van der Waals surface area contributed by atoms with Crippen LogP contribution in [0.1, 0.15) is 43.7 Å². The third-order valence-electron chi connectivity index (χ3n) is 5.50. The molecule has 8 nitrogen and oxygen atoms in total. The third-order valence-corrected chi connectivity index (χ3v) is 5.50. The molecule has 1 aromatic carbocycles. The van der Waals surface area contributed by atoms with Crippen LogP contribution in [-0.4, -0.2) is 30.0 Å². The molecule has 0 saturated carbocycles. The van der Waals surface area contributed by atoms with E-state index < -0.39 is 17.2 Å². The van der Waals surface area contributed by atoms with Gasteiger partial charge in [0.25, 0.3) is 5.56 Å². The number of allylic oxidation sites excluding steroid dienone is 2. The van der Waals surface area contributed by atoms with Crippen molar-refractivity contribution >= 4 is 11.6 Å². The van der Waals surface area contributed by atoms with Crippen LogP contribution in [-0.2, 0) is 4.79 Å². The summed E-state index contributed by atoms with van der Waals surface area (Å²) < 4.78 is 10.9. The number of hydrogen-bond donors (Lipinski definition) is 3. The Morgan fingerprint density at radius 1 is 1.03 bits per heavy atom. The lowest BCUT2D eigenvalue weighted by Crippen LogP contribution is -2.39. The molecule has 0 bridgehead atoms. The van der Waals surface area contributed by atoms with Crippen LogP contribution < -0.4 is 26.0 Å². The summed E-state index contributed by atoms with van der Waals surface area (Å²) in [4.78, 5) is 42.9. The number of methoxy groups -OCH3 is 2. The lowest BCUT2D eigenvalue weighted by molar-refractivity contribution is -0.118. The Bertz CT molecular complexity index is 1160. The second-order valence-electron chi connectivity index (χ2n) is 8.20. The average molecular weight is 397 g/mol. The molecule has 2 heterocycles. The van der Waals surface area contributed by atoms with Crippen LogP contribution in [0.25, 0.3) is 0 Å². The molecule has 8 heteroatoms. The van der Waals surface area contributed by atoms with E-state index in [1.54, 1.807) is 25.3 Å². The summed E-state index contributed by atoms with van der Waals surface area (Å²) in [6, 6.07) is 5.26. The maximum absolute atomic E-state index is 13.2. The molecule has 2 aliphatic rings. The molecule has 1 aromatic heterocycles.